The highest BCUT2D eigenvalue weighted by Crippen LogP contribution is 2.34. The van der Waals surface area contributed by atoms with E-state index in [1.807, 2.05) is 18.2 Å². The molecule has 1 amide bonds. The first-order chi connectivity index (χ1) is 9.60. The number of aldehydes is 1. The highest BCUT2D eigenvalue weighted by molar-refractivity contribution is 6.29. The van der Waals surface area contributed by atoms with Gasteiger partial charge in [-0.05, 0) is 30.7 Å². The molecule has 0 spiro atoms. The summed E-state index contributed by atoms with van der Waals surface area (Å²) >= 11 is 0. The molecular formula is C15H13NO4. The molecule has 0 saturated carbocycles. The van der Waals surface area contributed by atoms with E-state index >= 15 is 0 Å². The van der Waals surface area contributed by atoms with E-state index in [9.17, 15) is 14.7 Å². The molecule has 5 nitrogen and oxygen atoms in total. The maximum absolute atomic E-state index is 11.0. The van der Waals surface area contributed by atoms with Crippen LogP contribution >= 0.6 is 0 Å². The van der Waals surface area contributed by atoms with Gasteiger partial charge in [0.05, 0.1) is 5.69 Å². The zero-order valence-corrected chi connectivity index (χ0v) is 10.8. The van der Waals surface area contributed by atoms with E-state index in [4.69, 9.17) is 4.74 Å². The summed E-state index contributed by atoms with van der Waals surface area (Å²) in [5, 5.41) is 12.1. The molecule has 102 valence electrons. The number of carbonyl (C=O) groups is 2. The Hall–Kier alpha value is -2.82. The number of phenolic OH excluding ortho intramolecular Hbond substituents is 1. The molecule has 0 fully saturated rings. The van der Waals surface area contributed by atoms with E-state index in [0.29, 0.717) is 17.1 Å². The monoisotopic (exact) mass is 271 g/mol. The van der Waals surface area contributed by atoms with Crippen molar-refractivity contribution in [2.45, 2.75) is 6.92 Å². The summed E-state index contributed by atoms with van der Waals surface area (Å²) in [7, 11) is 0. The molecule has 0 bridgehead atoms. The minimum absolute atomic E-state index is 0.142. The van der Waals surface area contributed by atoms with Crippen LogP contribution in [0, 0.1) is 6.92 Å². The summed E-state index contributed by atoms with van der Waals surface area (Å²) in [5.74, 6) is 0.116. The van der Waals surface area contributed by atoms with Gasteiger partial charge in [0.2, 0.25) is 6.29 Å². The molecule has 0 aliphatic rings. The maximum Gasteiger partial charge on any atom is 0.288 e. The summed E-state index contributed by atoms with van der Waals surface area (Å²) in [6.45, 7) is 1.77. The van der Waals surface area contributed by atoms with Gasteiger partial charge in [-0.15, -0.1) is 0 Å². The third-order valence-corrected chi connectivity index (χ3v) is 2.63. The number of ether oxygens (including phenoxy) is 1. The molecule has 2 aromatic rings. The molecule has 0 saturated heterocycles. The Kier molecular flexibility index (Phi) is 4.00. The first-order valence-corrected chi connectivity index (χ1v) is 5.93. The molecule has 2 N–H and O–H groups in total. The van der Waals surface area contributed by atoms with Gasteiger partial charge in [0, 0.05) is 6.07 Å². The standard InChI is InChI=1S/C15H13NO4/c1-10-7-12(16-15(19)9-17)13(18)8-14(10)20-11-5-3-2-4-6-11/h2-9,18H,1H3,(H,16,19). The molecule has 5 heteroatoms. The quantitative estimate of drug-likeness (QED) is 0.509. The van der Waals surface area contributed by atoms with Gasteiger partial charge in [-0.2, -0.15) is 0 Å². The lowest BCUT2D eigenvalue weighted by Gasteiger charge is -2.12. The van der Waals surface area contributed by atoms with Crippen molar-refractivity contribution in [2.24, 2.45) is 0 Å². The third kappa shape index (κ3) is 3.14. The Morgan fingerprint density at radius 1 is 1.25 bits per heavy atom. The molecule has 0 aliphatic heterocycles. The van der Waals surface area contributed by atoms with Gasteiger partial charge < -0.3 is 15.2 Å². The van der Waals surface area contributed by atoms with Crippen molar-refractivity contribution in [2.75, 3.05) is 5.32 Å². The van der Waals surface area contributed by atoms with Crippen LogP contribution in [-0.2, 0) is 9.59 Å². The lowest BCUT2D eigenvalue weighted by atomic mass is 10.2. The van der Waals surface area contributed by atoms with E-state index in [2.05, 4.69) is 5.32 Å². The molecule has 2 rings (SSSR count). The van der Waals surface area contributed by atoms with E-state index in [0.717, 1.165) is 0 Å². The molecule has 0 aromatic heterocycles. The second-order valence-corrected chi connectivity index (χ2v) is 4.16. The average Bonchev–Trinajstić information content (AvgIpc) is 2.45. The predicted octanol–water partition coefficient (Wildman–Crippen LogP) is 2.63. The van der Waals surface area contributed by atoms with Crippen molar-refractivity contribution < 1.29 is 19.4 Å². The minimum Gasteiger partial charge on any atom is -0.506 e. The van der Waals surface area contributed by atoms with Crippen LogP contribution < -0.4 is 10.1 Å². The molecule has 0 atom stereocenters. The van der Waals surface area contributed by atoms with Crippen molar-refractivity contribution in [3.63, 3.8) is 0 Å². The van der Waals surface area contributed by atoms with Crippen LogP contribution in [0.3, 0.4) is 0 Å². The van der Waals surface area contributed by atoms with Gasteiger partial charge in [-0.3, -0.25) is 9.59 Å². The molecule has 0 radical (unpaired) electrons. The number of benzene rings is 2. The molecule has 20 heavy (non-hydrogen) atoms. The zero-order chi connectivity index (χ0) is 14.5. The first-order valence-electron chi connectivity index (χ1n) is 5.93. The Labute approximate surface area is 115 Å². The number of rotatable bonds is 4. The number of amides is 1. The Balaban J connectivity index is 2.26. The van der Waals surface area contributed by atoms with Crippen molar-refractivity contribution in [1.82, 2.24) is 0 Å². The number of hydrogen-bond donors (Lipinski definition) is 2. The van der Waals surface area contributed by atoms with Crippen molar-refractivity contribution >= 4 is 17.9 Å². The normalized spacial score (nSPS) is 9.85. The number of aryl methyl sites for hydroxylation is 1. The fourth-order valence-electron chi connectivity index (χ4n) is 1.67. The number of para-hydroxylation sites is 1. The highest BCUT2D eigenvalue weighted by atomic mass is 16.5. The minimum atomic E-state index is -0.823. The Bertz CT molecular complexity index is 638. The van der Waals surface area contributed by atoms with E-state index in [1.54, 1.807) is 19.1 Å². The van der Waals surface area contributed by atoms with Crippen molar-refractivity contribution in [3.8, 4) is 17.2 Å². The Morgan fingerprint density at radius 2 is 1.95 bits per heavy atom. The summed E-state index contributed by atoms with van der Waals surface area (Å²) in [4.78, 5) is 21.3. The zero-order valence-electron chi connectivity index (χ0n) is 10.8. The largest absolute Gasteiger partial charge is 0.506 e. The average molecular weight is 271 g/mol. The van der Waals surface area contributed by atoms with Gasteiger partial charge in [0.25, 0.3) is 5.91 Å². The van der Waals surface area contributed by atoms with Gasteiger partial charge >= 0.3 is 0 Å². The van der Waals surface area contributed by atoms with Crippen LogP contribution in [0.1, 0.15) is 5.56 Å². The molecular weight excluding hydrogens is 258 g/mol. The Morgan fingerprint density at radius 3 is 2.60 bits per heavy atom. The number of aromatic hydroxyl groups is 1. The predicted molar refractivity (Wildman–Crippen MR) is 74.1 cm³/mol. The molecule has 0 heterocycles. The maximum atomic E-state index is 11.0. The van der Waals surface area contributed by atoms with Gasteiger partial charge in [0.1, 0.15) is 17.2 Å². The summed E-state index contributed by atoms with van der Waals surface area (Å²) < 4.78 is 5.63. The summed E-state index contributed by atoms with van der Waals surface area (Å²) in [6, 6.07) is 12.1. The van der Waals surface area contributed by atoms with Crippen LogP contribution in [0.5, 0.6) is 17.2 Å². The van der Waals surface area contributed by atoms with Crippen LogP contribution in [-0.4, -0.2) is 17.3 Å². The number of phenols is 1. The van der Waals surface area contributed by atoms with Crippen LogP contribution in [0.15, 0.2) is 42.5 Å². The topological polar surface area (TPSA) is 75.6 Å². The lowest BCUT2D eigenvalue weighted by molar-refractivity contribution is -0.127. The number of carbonyl (C=O) groups excluding carboxylic acids is 2. The third-order valence-electron chi connectivity index (χ3n) is 2.63. The van der Waals surface area contributed by atoms with E-state index in [1.165, 1.54) is 12.1 Å². The van der Waals surface area contributed by atoms with Gasteiger partial charge in [0.15, 0.2) is 0 Å². The number of nitrogens with one attached hydrogen (secondary N) is 1. The van der Waals surface area contributed by atoms with E-state index in [-0.39, 0.29) is 17.7 Å². The van der Waals surface area contributed by atoms with Crippen LogP contribution in [0.4, 0.5) is 5.69 Å². The van der Waals surface area contributed by atoms with Crippen molar-refractivity contribution in [3.05, 3.63) is 48.0 Å². The second kappa shape index (κ2) is 5.88. The number of hydrogen-bond acceptors (Lipinski definition) is 4. The molecule has 2 aromatic carbocycles. The smallest absolute Gasteiger partial charge is 0.288 e. The second-order valence-electron chi connectivity index (χ2n) is 4.16. The fraction of sp³-hybridized carbons (Fsp3) is 0.0667. The van der Waals surface area contributed by atoms with E-state index < -0.39 is 5.91 Å². The van der Waals surface area contributed by atoms with Crippen LogP contribution in [0.25, 0.3) is 0 Å². The van der Waals surface area contributed by atoms with Gasteiger partial charge in [-0.25, -0.2) is 0 Å². The van der Waals surface area contributed by atoms with Gasteiger partial charge in [-0.1, -0.05) is 18.2 Å². The van der Waals surface area contributed by atoms with Crippen LogP contribution in [0.2, 0.25) is 0 Å². The highest BCUT2D eigenvalue weighted by Gasteiger charge is 2.10. The lowest BCUT2D eigenvalue weighted by Crippen LogP contribution is -2.12. The SMILES string of the molecule is Cc1cc(NC(=O)C=O)c(O)cc1Oc1ccccc1. The summed E-state index contributed by atoms with van der Waals surface area (Å²) in [5.41, 5.74) is 0.882. The van der Waals surface area contributed by atoms with Crippen molar-refractivity contribution in [1.29, 1.82) is 0 Å². The fourth-order valence-corrected chi connectivity index (χ4v) is 1.67. The molecule has 0 unspecified atom stereocenters. The first kappa shape index (κ1) is 13.6. The number of anilines is 1. The molecule has 0 aliphatic carbocycles. The summed E-state index contributed by atoms with van der Waals surface area (Å²) in [6.07, 6.45) is 0.142.